The highest BCUT2D eigenvalue weighted by Crippen LogP contribution is 2.35. The van der Waals surface area contributed by atoms with Crippen LogP contribution in [0.15, 0.2) is 77.5 Å². The summed E-state index contributed by atoms with van der Waals surface area (Å²) >= 11 is 7.45. The first-order valence-corrected chi connectivity index (χ1v) is 10.4. The van der Waals surface area contributed by atoms with Crippen molar-refractivity contribution < 1.29 is 4.79 Å². The van der Waals surface area contributed by atoms with Crippen LogP contribution in [-0.2, 0) is 0 Å². The van der Waals surface area contributed by atoms with Gasteiger partial charge < -0.3 is 0 Å². The second kappa shape index (κ2) is 7.39. The lowest BCUT2D eigenvalue weighted by molar-refractivity contribution is 0.0716. The van der Waals surface area contributed by atoms with Crippen LogP contribution in [0.5, 0.6) is 0 Å². The number of hydrogen-bond donors (Lipinski definition) is 0. The van der Waals surface area contributed by atoms with Crippen LogP contribution in [0.2, 0.25) is 5.02 Å². The average molecular weight is 419 g/mol. The number of thiophene rings is 1. The van der Waals surface area contributed by atoms with Crippen LogP contribution in [0.3, 0.4) is 0 Å². The highest BCUT2D eigenvalue weighted by Gasteiger charge is 2.34. The number of amides is 1. The molecule has 0 saturated heterocycles. The van der Waals surface area contributed by atoms with Crippen molar-refractivity contribution in [3.8, 4) is 0 Å². The third kappa shape index (κ3) is 3.41. The topological polar surface area (TPSA) is 58.5 Å². The van der Waals surface area contributed by atoms with Crippen LogP contribution in [0.4, 0.5) is 0 Å². The normalized spacial score (nSPS) is 16.2. The smallest absolute Gasteiger partial charge is 0.266 e. The number of hydrogen-bond acceptors (Lipinski definition) is 5. The summed E-state index contributed by atoms with van der Waals surface area (Å²) in [4.78, 5) is 22.6. The molecule has 1 atom stereocenters. The third-order valence-electron chi connectivity index (χ3n) is 4.91. The lowest BCUT2D eigenvalue weighted by Gasteiger charge is -2.21. The SMILES string of the molecule is O=C(c1cccs1)N1N=C(c2ccc(Cl)cc2)C[C@H]1c1ccc2nccnc2c1. The van der Waals surface area contributed by atoms with Gasteiger partial charge in [-0.2, -0.15) is 5.10 Å². The Morgan fingerprint density at radius 3 is 2.59 bits per heavy atom. The molecule has 1 aliphatic heterocycles. The Bertz CT molecular complexity index is 1220. The molecule has 4 aromatic rings. The number of fused-ring (bicyclic) bond motifs is 1. The van der Waals surface area contributed by atoms with E-state index in [9.17, 15) is 4.79 Å². The first kappa shape index (κ1) is 18.0. The van der Waals surface area contributed by atoms with Gasteiger partial charge in [-0.15, -0.1) is 11.3 Å². The van der Waals surface area contributed by atoms with E-state index >= 15 is 0 Å². The second-order valence-corrected chi connectivity index (χ2v) is 8.09. The van der Waals surface area contributed by atoms with Gasteiger partial charge in [-0.25, -0.2) is 5.01 Å². The van der Waals surface area contributed by atoms with Crippen LogP contribution < -0.4 is 0 Å². The fourth-order valence-electron chi connectivity index (χ4n) is 3.47. The van der Waals surface area contributed by atoms with Crippen LogP contribution in [0, 0.1) is 0 Å². The molecule has 0 aliphatic carbocycles. The van der Waals surface area contributed by atoms with Crippen molar-refractivity contribution in [2.24, 2.45) is 5.10 Å². The quantitative estimate of drug-likeness (QED) is 0.451. The fraction of sp³-hybridized carbons (Fsp3) is 0.0909. The van der Waals surface area contributed by atoms with E-state index in [1.165, 1.54) is 11.3 Å². The number of nitrogens with zero attached hydrogens (tertiary/aromatic N) is 4. The van der Waals surface area contributed by atoms with Gasteiger partial charge in [-0.3, -0.25) is 14.8 Å². The number of hydrazone groups is 1. The Balaban J connectivity index is 1.56. The molecule has 7 heteroatoms. The van der Waals surface area contributed by atoms with Gasteiger partial charge in [0.2, 0.25) is 0 Å². The van der Waals surface area contributed by atoms with Crippen LogP contribution in [-0.4, -0.2) is 26.6 Å². The van der Waals surface area contributed by atoms with Gasteiger partial charge in [0.05, 0.1) is 27.7 Å². The summed E-state index contributed by atoms with van der Waals surface area (Å²) in [6, 6.07) is 17.0. The molecule has 0 saturated carbocycles. The molecule has 0 bridgehead atoms. The van der Waals surface area contributed by atoms with E-state index < -0.39 is 0 Å². The van der Waals surface area contributed by atoms with Gasteiger partial charge in [0.15, 0.2) is 0 Å². The Kier molecular flexibility index (Phi) is 4.58. The van der Waals surface area contributed by atoms with E-state index in [1.54, 1.807) is 17.4 Å². The van der Waals surface area contributed by atoms with Gasteiger partial charge in [-0.1, -0.05) is 35.9 Å². The van der Waals surface area contributed by atoms with E-state index in [1.807, 2.05) is 60.0 Å². The number of aromatic nitrogens is 2. The van der Waals surface area contributed by atoms with Crippen LogP contribution in [0.25, 0.3) is 11.0 Å². The Morgan fingerprint density at radius 2 is 1.83 bits per heavy atom. The monoisotopic (exact) mass is 418 g/mol. The maximum absolute atomic E-state index is 13.2. The standard InChI is InChI=1S/C22H15ClN4OS/c23-16-6-3-14(4-7-16)18-13-20(27(26-18)22(28)21-2-1-11-29-21)15-5-8-17-19(12-15)25-10-9-24-17/h1-12,20H,13H2/t20-/m0/s1. The lowest BCUT2D eigenvalue weighted by atomic mass is 9.98. The minimum absolute atomic E-state index is 0.104. The van der Waals surface area contributed by atoms with Gasteiger partial charge in [0.1, 0.15) is 0 Å². The second-order valence-electron chi connectivity index (χ2n) is 6.71. The van der Waals surface area contributed by atoms with Crippen molar-refractivity contribution in [3.63, 3.8) is 0 Å². The molecule has 0 fully saturated rings. The van der Waals surface area contributed by atoms with Crippen molar-refractivity contribution >= 4 is 45.6 Å². The average Bonchev–Trinajstić information content (AvgIpc) is 3.44. The molecular formula is C22H15ClN4OS. The molecule has 1 amide bonds. The number of carbonyl (C=O) groups is 1. The van der Waals surface area contributed by atoms with Crippen molar-refractivity contribution in [3.05, 3.63) is 93.4 Å². The van der Waals surface area contributed by atoms with E-state index in [0.717, 1.165) is 27.9 Å². The Labute approximate surface area is 176 Å². The number of benzene rings is 2. The van der Waals surface area contributed by atoms with E-state index in [2.05, 4.69) is 9.97 Å². The van der Waals surface area contributed by atoms with Gasteiger partial charge >= 0.3 is 0 Å². The van der Waals surface area contributed by atoms with Crippen molar-refractivity contribution in [1.82, 2.24) is 15.0 Å². The zero-order chi connectivity index (χ0) is 19.8. The van der Waals surface area contributed by atoms with Crippen LogP contribution >= 0.6 is 22.9 Å². The molecular weight excluding hydrogens is 404 g/mol. The first-order chi connectivity index (χ1) is 14.2. The van der Waals surface area contributed by atoms with E-state index in [0.29, 0.717) is 16.3 Å². The van der Waals surface area contributed by atoms with Crippen molar-refractivity contribution in [2.45, 2.75) is 12.5 Å². The number of rotatable bonds is 3. The summed E-state index contributed by atoms with van der Waals surface area (Å²) in [5.74, 6) is -0.104. The van der Waals surface area contributed by atoms with Crippen molar-refractivity contribution in [2.75, 3.05) is 0 Å². The molecule has 0 radical (unpaired) electrons. The molecule has 2 aromatic carbocycles. The number of halogens is 1. The van der Waals surface area contributed by atoms with E-state index in [4.69, 9.17) is 16.7 Å². The molecule has 142 valence electrons. The predicted octanol–water partition coefficient (Wildman–Crippen LogP) is 5.34. The van der Waals surface area contributed by atoms with E-state index in [-0.39, 0.29) is 11.9 Å². The number of carbonyl (C=O) groups excluding carboxylic acids is 1. The highest BCUT2D eigenvalue weighted by atomic mass is 35.5. The van der Waals surface area contributed by atoms with Gasteiger partial charge in [-0.05, 0) is 46.8 Å². The van der Waals surface area contributed by atoms with Gasteiger partial charge in [0, 0.05) is 23.8 Å². The minimum Gasteiger partial charge on any atom is -0.266 e. The summed E-state index contributed by atoms with van der Waals surface area (Å²) in [6.45, 7) is 0. The zero-order valence-corrected chi connectivity index (χ0v) is 16.8. The van der Waals surface area contributed by atoms with Crippen molar-refractivity contribution in [1.29, 1.82) is 0 Å². The maximum atomic E-state index is 13.2. The molecule has 0 N–H and O–H groups in total. The molecule has 0 unspecified atom stereocenters. The molecule has 29 heavy (non-hydrogen) atoms. The predicted molar refractivity (Wildman–Crippen MR) is 115 cm³/mol. The Hall–Kier alpha value is -3.09. The molecule has 2 aromatic heterocycles. The third-order valence-corrected chi connectivity index (χ3v) is 6.02. The highest BCUT2D eigenvalue weighted by molar-refractivity contribution is 7.12. The maximum Gasteiger partial charge on any atom is 0.284 e. The van der Waals surface area contributed by atoms with Gasteiger partial charge in [0.25, 0.3) is 5.91 Å². The molecule has 1 aliphatic rings. The molecule has 3 heterocycles. The first-order valence-electron chi connectivity index (χ1n) is 9.10. The molecule has 5 nitrogen and oxygen atoms in total. The lowest BCUT2D eigenvalue weighted by Crippen LogP contribution is -2.26. The summed E-state index contributed by atoms with van der Waals surface area (Å²) < 4.78 is 0. The summed E-state index contributed by atoms with van der Waals surface area (Å²) in [5.41, 5.74) is 4.42. The molecule has 0 spiro atoms. The summed E-state index contributed by atoms with van der Waals surface area (Å²) in [6.07, 6.45) is 3.96. The van der Waals surface area contributed by atoms with Crippen LogP contribution in [0.1, 0.15) is 33.3 Å². The largest absolute Gasteiger partial charge is 0.284 e. The minimum atomic E-state index is -0.207. The fourth-order valence-corrected chi connectivity index (χ4v) is 4.26. The summed E-state index contributed by atoms with van der Waals surface area (Å²) in [5, 5.41) is 8.87. The molecule has 5 rings (SSSR count). The summed E-state index contributed by atoms with van der Waals surface area (Å²) in [7, 11) is 0. The zero-order valence-electron chi connectivity index (χ0n) is 15.2. The Morgan fingerprint density at radius 1 is 1.03 bits per heavy atom.